The number of nitrogens with zero attached hydrogens (tertiary/aromatic N) is 7. The molecule has 0 aromatic carbocycles. The molecule has 2 aromatic rings. The number of aromatic nitrogens is 4. The van der Waals surface area contributed by atoms with Crippen molar-refractivity contribution in [2.75, 3.05) is 55.4 Å². The van der Waals surface area contributed by atoms with Gasteiger partial charge in [-0.15, -0.1) is 0 Å². The van der Waals surface area contributed by atoms with Crippen LogP contribution >= 0.6 is 0 Å². The molecule has 2 aliphatic rings. The number of hydrogen-bond donors (Lipinski definition) is 2. The summed E-state index contributed by atoms with van der Waals surface area (Å²) in [5, 5.41) is 5.44. The Bertz CT molecular complexity index is 1260. The number of carbonyl (C=O) groups excluding carboxylic acids is 3. The maximum atomic E-state index is 12.9. The molecule has 15 heteroatoms. The largest absolute Gasteiger partial charge is 0.477 e. The quantitative estimate of drug-likeness (QED) is 0.476. The number of anilines is 3. The average molecular weight is 600 g/mol. The molecule has 0 radical (unpaired) electrons. The number of likely N-dealkylation sites (tertiary alicyclic amines) is 1. The molecule has 2 aliphatic heterocycles. The van der Waals surface area contributed by atoms with Crippen molar-refractivity contribution in [2.45, 2.75) is 71.1 Å². The van der Waals surface area contributed by atoms with E-state index in [1.165, 1.54) is 12.4 Å². The van der Waals surface area contributed by atoms with Gasteiger partial charge in [0.2, 0.25) is 11.8 Å². The first kappa shape index (κ1) is 31.5. The topological polar surface area (TPSA) is 164 Å². The molecular weight excluding hydrogens is 558 g/mol. The number of carbonyl (C=O) groups is 3. The lowest BCUT2D eigenvalue weighted by atomic mass is 10.1. The summed E-state index contributed by atoms with van der Waals surface area (Å²) in [4.78, 5) is 60.4. The fourth-order valence-corrected chi connectivity index (χ4v) is 4.80. The molecule has 4 heterocycles. The SMILES string of the molecule is CCOc1cnc(NC(=O)N(C)[C@@H]2CCCN(c3nccc(NC(=O)O[C@H]4CCCN(C(=O)OC(C)(C)C)C4)n3)C2)cn1. The number of hydrogen-bond acceptors (Lipinski definition) is 11. The molecule has 0 saturated carbocycles. The van der Waals surface area contributed by atoms with Crippen molar-refractivity contribution in [3.63, 3.8) is 0 Å². The van der Waals surface area contributed by atoms with Gasteiger partial charge >= 0.3 is 18.2 Å². The summed E-state index contributed by atoms with van der Waals surface area (Å²) in [7, 11) is 1.73. The van der Waals surface area contributed by atoms with Crippen molar-refractivity contribution < 1.29 is 28.6 Å². The van der Waals surface area contributed by atoms with Crippen molar-refractivity contribution in [1.82, 2.24) is 29.7 Å². The molecule has 4 rings (SSSR count). The second-order valence-corrected chi connectivity index (χ2v) is 11.4. The van der Waals surface area contributed by atoms with Gasteiger partial charge in [-0.25, -0.2) is 29.3 Å². The zero-order valence-corrected chi connectivity index (χ0v) is 25.4. The number of likely N-dealkylation sites (N-methyl/N-ethyl adjacent to an activating group) is 1. The number of piperidine rings is 2. The Morgan fingerprint density at radius 3 is 2.53 bits per heavy atom. The number of amides is 4. The molecule has 15 nitrogen and oxygen atoms in total. The zero-order chi connectivity index (χ0) is 31.0. The fourth-order valence-electron chi connectivity index (χ4n) is 4.80. The molecule has 2 aromatic heterocycles. The summed E-state index contributed by atoms with van der Waals surface area (Å²) in [6, 6.07) is 1.17. The first-order chi connectivity index (χ1) is 20.5. The van der Waals surface area contributed by atoms with Crippen LogP contribution in [0.5, 0.6) is 5.88 Å². The maximum Gasteiger partial charge on any atom is 0.413 e. The van der Waals surface area contributed by atoms with Crippen LogP contribution in [0.4, 0.5) is 32.0 Å². The molecule has 0 spiro atoms. The minimum absolute atomic E-state index is 0.103. The van der Waals surface area contributed by atoms with E-state index < -0.39 is 23.9 Å². The van der Waals surface area contributed by atoms with E-state index in [-0.39, 0.29) is 24.4 Å². The summed E-state index contributed by atoms with van der Waals surface area (Å²) in [6.07, 6.45) is 5.91. The number of nitrogens with one attached hydrogen (secondary N) is 2. The van der Waals surface area contributed by atoms with Crippen LogP contribution < -0.4 is 20.3 Å². The van der Waals surface area contributed by atoms with Crippen LogP contribution in [0.1, 0.15) is 53.4 Å². The number of urea groups is 1. The summed E-state index contributed by atoms with van der Waals surface area (Å²) in [5.41, 5.74) is -0.602. The van der Waals surface area contributed by atoms with E-state index in [9.17, 15) is 14.4 Å². The van der Waals surface area contributed by atoms with Gasteiger partial charge in [0.1, 0.15) is 17.5 Å². The summed E-state index contributed by atoms with van der Waals surface area (Å²) < 4.78 is 16.3. The van der Waals surface area contributed by atoms with Gasteiger partial charge < -0.3 is 28.9 Å². The molecule has 0 aliphatic carbocycles. The highest BCUT2D eigenvalue weighted by Crippen LogP contribution is 2.22. The van der Waals surface area contributed by atoms with Crippen LogP contribution in [0.3, 0.4) is 0 Å². The molecule has 234 valence electrons. The Labute approximate surface area is 251 Å². The monoisotopic (exact) mass is 599 g/mol. The van der Waals surface area contributed by atoms with Crippen molar-refractivity contribution in [3.05, 3.63) is 24.7 Å². The predicted octanol–water partition coefficient (Wildman–Crippen LogP) is 3.75. The van der Waals surface area contributed by atoms with E-state index in [1.807, 2.05) is 32.6 Å². The average Bonchev–Trinajstić information content (AvgIpc) is 2.97. The van der Waals surface area contributed by atoms with Crippen molar-refractivity contribution >= 4 is 35.8 Å². The minimum atomic E-state index is -0.661. The molecule has 43 heavy (non-hydrogen) atoms. The summed E-state index contributed by atoms with van der Waals surface area (Å²) >= 11 is 0. The first-order valence-electron chi connectivity index (χ1n) is 14.5. The second-order valence-electron chi connectivity index (χ2n) is 11.4. The van der Waals surface area contributed by atoms with E-state index in [0.717, 1.165) is 12.8 Å². The van der Waals surface area contributed by atoms with Crippen molar-refractivity contribution in [3.8, 4) is 5.88 Å². The highest BCUT2D eigenvalue weighted by atomic mass is 16.6. The molecule has 2 saturated heterocycles. The van der Waals surface area contributed by atoms with Gasteiger partial charge in [-0.1, -0.05) is 0 Å². The second kappa shape index (κ2) is 14.2. The number of ether oxygens (including phenoxy) is 3. The Balaban J connectivity index is 1.29. The molecule has 0 unspecified atom stereocenters. The highest BCUT2D eigenvalue weighted by molar-refractivity contribution is 5.88. The lowest BCUT2D eigenvalue weighted by molar-refractivity contribution is 0.000859. The summed E-state index contributed by atoms with van der Waals surface area (Å²) in [6.45, 7) is 9.79. The smallest absolute Gasteiger partial charge is 0.413 e. The molecular formula is C28H41N9O6. The third-order valence-electron chi connectivity index (χ3n) is 6.88. The zero-order valence-electron chi connectivity index (χ0n) is 25.4. The Hall–Kier alpha value is -4.43. The molecule has 2 N–H and O–H groups in total. The molecule has 0 bridgehead atoms. The van der Waals surface area contributed by atoms with Crippen molar-refractivity contribution in [1.29, 1.82) is 0 Å². The predicted molar refractivity (Wildman–Crippen MR) is 158 cm³/mol. The van der Waals surface area contributed by atoms with E-state index in [1.54, 1.807) is 29.1 Å². The van der Waals surface area contributed by atoms with Gasteiger partial charge in [0, 0.05) is 32.9 Å². The van der Waals surface area contributed by atoms with Crippen LogP contribution in [-0.4, -0.2) is 106 Å². The van der Waals surface area contributed by atoms with Crippen LogP contribution in [-0.2, 0) is 9.47 Å². The molecule has 2 fully saturated rings. The lowest BCUT2D eigenvalue weighted by Crippen LogP contribution is -2.50. The third-order valence-corrected chi connectivity index (χ3v) is 6.88. The van der Waals surface area contributed by atoms with Gasteiger partial charge in [-0.2, -0.15) is 4.98 Å². The molecule has 2 atom stereocenters. The van der Waals surface area contributed by atoms with E-state index >= 15 is 0 Å². The minimum Gasteiger partial charge on any atom is -0.477 e. The van der Waals surface area contributed by atoms with Crippen LogP contribution in [0.25, 0.3) is 0 Å². The van der Waals surface area contributed by atoms with Gasteiger partial charge in [0.25, 0.3) is 0 Å². The Kier molecular flexibility index (Phi) is 10.4. The Morgan fingerprint density at radius 2 is 1.81 bits per heavy atom. The third kappa shape index (κ3) is 9.28. The first-order valence-corrected chi connectivity index (χ1v) is 14.5. The fraction of sp³-hybridized carbons (Fsp3) is 0.607. The molecule has 4 amide bonds. The van der Waals surface area contributed by atoms with E-state index in [4.69, 9.17) is 14.2 Å². The highest BCUT2D eigenvalue weighted by Gasteiger charge is 2.30. The standard InChI is InChI=1S/C28H41N9O6/c1-6-41-23-16-30-22(15-31-23)33-25(38)35(5)19-9-7-13-36(17-19)24-29-12-11-21(32-24)34-26(39)42-20-10-8-14-37(18-20)27(40)43-28(2,3)4/h11-12,15-16,19-20H,6-10,13-14,17-18H2,1-5H3,(H,30,33,38)(H,29,32,34,39)/t19-,20+/m1/s1. The van der Waals surface area contributed by atoms with Crippen LogP contribution in [0.15, 0.2) is 24.7 Å². The Morgan fingerprint density at radius 1 is 1.02 bits per heavy atom. The van der Waals surface area contributed by atoms with E-state index in [2.05, 4.69) is 30.6 Å². The van der Waals surface area contributed by atoms with Crippen molar-refractivity contribution in [2.24, 2.45) is 0 Å². The van der Waals surface area contributed by atoms with Crippen LogP contribution in [0, 0.1) is 0 Å². The van der Waals surface area contributed by atoms with Gasteiger partial charge in [-0.05, 0) is 59.4 Å². The maximum absolute atomic E-state index is 12.9. The lowest BCUT2D eigenvalue weighted by Gasteiger charge is -2.37. The number of rotatable bonds is 7. The summed E-state index contributed by atoms with van der Waals surface area (Å²) in [5.74, 6) is 1.44. The normalized spacial score (nSPS) is 18.8. The van der Waals surface area contributed by atoms with Gasteiger partial charge in [0.15, 0.2) is 5.82 Å². The van der Waals surface area contributed by atoms with E-state index in [0.29, 0.717) is 56.7 Å². The van der Waals surface area contributed by atoms with Gasteiger partial charge in [-0.3, -0.25) is 10.6 Å². The van der Waals surface area contributed by atoms with Crippen LogP contribution in [0.2, 0.25) is 0 Å². The van der Waals surface area contributed by atoms with Gasteiger partial charge in [0.05, 0.1) is 31.6 Å².